The Balaban J connectivity index is 0.00000312. The predicted molar refractivity (Wildman–Crippen MR) is 95.6 cm³/mol. The fourth-order valence-corrected chi connectivity index (χ4v) is 2.23. The number of alkyl halides is 3. The summed E-state index contributed by atoms with van der Waals surface area (Å²) in [6.45, 7) is 1.77. The lowest BCUT2D eigenvalue weighted by atomic mass is 10.1. The molecule has 1 atom stereocenters. The minimum Gasteiger partial charge on any atom is -0.376 e. The summed E-state index contributed by atoms with van der Waals surface area (Å²) in [6.07, 6.45) is -4.77. The monoisotopic (exact) mass is 477 g/mol. The van der Waals surface area contributed by atoms with Gasteiger partial charge in [-0.3, -0.25) is 4.99 Å². The molecule has 1 aliphatic heterocycles. The zero-order valence-corrected chi connectivity index (χ0v) is 15.9. The molecule has 0 radical (unpaired) electrons. The maximum Gasteiger partial charge on any atom is 0.416 e. The van der Waals surface area contributed by atoms with Crippen LogP contribution in [0.25, 0.3) is 0 Å². The molecular weight excluding hydrogens is 457 g/mol. The molecule has 0 spiro atoms. The van der Waals surface area contributed by atoms with E-state index in [9.17, 15) is 17.6 Å². The lowest BCUT2D eigenvalue weighted by Crippen LogP contribution is -2.44. The van der Waals surface area contributed by atoms with Crippen LogP contribution in [0.3, 0.4) is 0 Å². The number of aliphatic imine (C=N–C) groups is 1. The summed E-state index contributed by atoms with van der Waals surface area (Å²) in [5.74, 6) is -0.607. The molecule has 1 unspecified atom stereocenters. The van der Waals surface area contributed by atoms with Crippen LogP contribution in [0, 0.1) is 5.82 Å². The normalized spacial score (nSPS) is 18.4. The Morgan fingerprint density at radius 1 is 1.28 bits per heavy atom. The van der Waals surface area contributed by atoms with E-state index in [-0.39, 0.29) is 42.2 Å². The molecule has 0 amide bonds. The van der Waals surface area contributed by atoms with Gasteiger partial charge in [-0.2, -0.15) is 13.2 Å². The van der Waals surface area contributed by atoms with Gasteiger partial charge in [0.25, 0.3) is 0 Å². The van der Waals surface area contributed by atoms with Crippen molar-refractivity contribution in [3.05, 3.63) is 35.1 Å². The van der Waals surface area contributed by atoms with E-state index in [1.54, 1.807) is 0 Å². The zero-order valence-electron chi connectivity index (χ0n) is 13.5. The molecule has 1 aliphatic rings. The fourth-order valence-electron chi connectivity index (χ4n) is 2.23. The average molecular weight is 477 g/mol. The number of hydrogen-bond donors (Lipinski definition) is 2. The number of benzene rings is 1. The highest BCUT2D eigenvalue weighted by molar-refractivity contribution is 14.0. The minimum atomic E-state index is -4.62. The Kier molecular flexibility index (Phi) is 8.86. The topological polar surface area (TPSA) is 54.9 Å². The number of nitrogens with one attached hydrogen (secondary N) is 2. The molecule has 1 saturated heterocycles. The molecule has 142 valence electrons. The molecule has 25 heavy (non-hydrogen) atoms. The van der Waals surface area contributed by atoms with Crippen molar-refractivity contribution >= 4 is 29.9 Å². The quantitative estimate of drug-likeness (QED) is 0.303. The Morgan fingerprint density at radius 2 is 2.04 bits per heavy atom. The number of ether oxygens (including phenoxy) is 2. The van der Waals surface area contributed by atoms with Crippen molar-refractivity contribution in [1.29, 1.82) is 0 Å². The van der Waals surface area contributed by atoms with Gasteiger partial charge in [-0.05, 0) is 17.7 Å². The molecule has 5 nitrogen and oxygen atoms in total. The first-order chi connectivity index (χ1) is 11.4. The largest absolute Gasteiger partial charge is 0.416 e. The molecule has 2 rings (SSSR count). The predicted octanol–water partition coefficient (Wildman–Crippen LogP) is 2.54. The first-order valence-electron chi connectivity index (χ1n) is 7.39. The second-order valence-electron chi connectivity index (χ2n) is 5.17. The molecule has 10 heteroatoms. The van der Waals surface area contributed by atoms with Crippen molar-refractivity contribution in [1.82, 2.24) is 10.6 Å². The summed E-state index contributed by atoms with van der Waals surface area (Å²) in [6, 6.07) is 2.59. The third-order valence-corrected chi connectivity index (χ3v) is 3.43. The van der Waals surface area contributed by atoms with Gasteiger partial charge >= 0.3 is 6.18 Å². The molecule has 0 aliphatic carbocycles. The van der Waals surface area contributed by atoms with Crippen molar-refractivity contribution in [2.75, 3.05) is 33.4 Å². The lowest BCUT2D eigenvalue weighted by Gasteiger charge is -2.24. The maximum absolute atomic E-state index is 13.1. The van der Waals surface area contributed by atoms with Gasteiger partial charge in [0.15, 0.2) is 5.96 Å². The molecule has 0 aromatic heterocycles. The first kappa shape index (κ1) is 21.9. The van der Waals surface area contributed by atoms with Gasteiger partial charge in [0.2, 0.25) is 0 Å². The van der Waals surface area contributed by atoms with E-state index in [1.807, 2.05) is 0 Å². The molecule has 1 fully saturated rings. The molecule has 1 aromatic carbocycles. The van der Waals surface area contributed by atoms with Gasteiger partial charge in [0.1, 0.15) is 5.82 Å². The van der Waals surface area contributed by atoms with Crippen LogP contribution in [0.5, 0.6) is 0 Å². The van der Waals surface area contributed by atoms with E-state index in [0.29, 0.717) is 38.4 Å². The summed E-state index contributed by atoms with van der Waals surface area (Å²) in [4.78, 5) is 3.94. The summed E-state index contributed by atoms with van der Waals surface area (Å²) in [5, 5.41) is 5.73. The van der Waals surface area contributed by atoms with E-state index >= 15 is 0 Å². The van der Waals surface area contributed by atoms with Gasteiger partial charge in [-0.25, -0.2) is 4.39 Å². The van der Waals surface area contributed by atoms with Gasteiger partial charge in [0.05, 0.1) is 31.5 Å². The Morgan fingerprint density at radius 3 is 2.64 bits per heavy atom. The summed E-state index contributed by atoms with van der Waals surface area (Å²) in [5.41, 5.74) is -1.07. The Bertz CT molecular complexity index is 578. The highest BCUT2D eigenvalue weighted by Crippen LogP contribution is 2.32. The van der Waals surface area contributed by atoms with Crippen molar-refractivity contribution in [2.45, 2.75) is 18.8 Å². The van der Waals surface area contributed by atoms with Gasteiger partial charge in [-0.15, -0.1) is 24.0 Å². The Labute approximate surface area is 160 Å². The number of rotatable bonds is 4. The maximum atomic E-state index is 13.1. The highest BCUT2D eigenvalue weighted by atomic mass is 127. The van der Waals surface area contributed by atoms with Crippen molar-refractivity contribution in [2.24, 2.45) is 4.99 Å². The van der Waals surface area contributed by atoms with Crippen LogP contribution in [0.15, 0.2) is 23.2 Å². The lowest BCUT2D eigenvalue weighted by molar-refractivity contribution is -0.138. The summed E-state index contributed by atoms with van der Waals surface area (Å²) in [7, 11) is 1.50. The number of halogens is 5. The van der Waals surface area contributed by atoms with Crippen LogP contribution in [-0.2, 0) is 22.2 Å². The smallest absolute Gasteiger partial charge is 0.376 e. The van der Waals surface area contributed by atoms with E-state index in [4.69, 9.17) is 9.47 Å². The van der Waals surface area contributed by atoms with Gasteiger partial charge in [-0.1, -0.05) is 6.07 Å². The molecule has 2 N–H and O–H groups in total. The first-order valence-corrected chi connectivity index (χ1v) is 7.39. The van der Waals surface area contributed by atoms with Crippen molar-refractivity contribution < 1.29 is 27.0 Å². The van der Waals surface area contributed by atoms with E-state index in [2.05, 4.69) is 15.6 Å². The summed E-state index contributed by atoms with van der Waals surface area (Å²) < 4.78 is 62.7. The standard InChI is InChI=1S/C15H19F4N3O2.HI/c1-20-14(22-8-12-9-23-4-5-24-12)21-7-10-2-3-11(16)6-13(10)15(17,18)19;/h2-3,6,12H,4-5,7-9H2,1H3,(H2,20,21,22);1H. The van der Waals surface area contributed by atoms with Crippen LogP contribution in [0.1, 0.15) is 11.1 Å². The van der Waals surface area contributed by atoms with Crippen LogP contribution >= 0.6 is 24.0 Å². The second-order valence-corrected chi connectivity index (χ2v) is 5.17. The highest BCUT2D eigenvalue weighted by Gasteiger charge is 2.33. The zero-order chi connectivity index (χ0) is 17.6. The van der Waals surface area contributed by atoms with Gasteiger partial charge in [0, 0.05) is 20.1 Å². The van der Waals surface area contributed by atoms with Crippen LogP contribution in [0.4, 0.5) is 17.6 Å². The van der Waals surface area contributed by atoms with Crippen molar-refractivity contribution in [3.8, 4) is 0 Å². The van der Waals surface area contributed by atoms with Gasteiger partial charge < -0.3 is 20.1 Å². The molecule has 0 bridgehead atoms. The molecule has 1 heterocycles. The SMILES string of the molecule is CN=C(NCc1ccc(F)cc1C(F)(F)F)NCC1COCCO1.I. The van der Waals surface area contributed by atoms with Crippen LogP contribution < -0.4 is 10.6 Å². The van der Waals surface area contributed by atoms with Crippen molar-refractivity contribution in [3.63, 3.8) is 0 Å². The minimum absolute atomic E-state index is 0. The number of guanidine groups is 1. The summed E-state index contributed by atoms with van der Waals surface area (Å²) >= 11 is 0. The number of nitrogens with zero attached hydrogens (tertiary/aromatic N) is 1. The van der Waals surface area contributed by atoms with Crippen LogP contribution in [0.2, 0.25) is 0 Å². The van der Waals surface area contributed by atoms with E-state index in [1.165, 1.54) is 7.05 Å². The number of hydrogen-bond acceptors (Lipinski definition) is 3. The van der Waals surface area contributed by atoms with E-state index < -0.39 is 17.6 Å². The van der Waals surface area contributed by atoms with Crippen LogP contribution in [-0.4, -0.2) is 45.5 Å². The Hall–Kier alpha value is -1.14. The fraction of sp³-hybridized carbons (Fsp3) is 0.533. The third kappa shape index (κ3) is 6.94. The van der Waals surface area contributed by atoms with E-state index in [0.717, 1.165) is 12.1 Å². The second kappa shape index (κ2) is 10.1. The third-order valence-electron chi connectivity index (χ3n) is 3.43. The molecule has 0 saturated carbocycles. The average Bonchev–Trinajstić information content (AvgIpc) is 2.56. The molecular formula is C15H20F4IN3O2. The molecule has 1 aromatic rings.